The normalized spacial score (nSPS) is 10.9. The number of nitrogens with one attached hydrogen (secondary N) is 1. The van der Waals surface area contributed by atoms with Crippen LogP contribution in [0.1, 0.15) is 21.5 Å². The summed E-state index contributed by atoms with van der Waals surface area (Å²) < 4.78 is 7.85. The molecule has 1 amide bonds. The lowest BCUT2D eigenvalue weighted by molar-refractivity contribution is -0.120. The monoisotopic (exact) mass is 479 g/mol. The number of esters is 1. The number of halogens is 1. The molecule has 1 N–H and O–H groups in total. The van der Waals surface area contributed by atoms with Crippen molar-refractivity contribution in [1.29, 1.82) is 0 Å². The molecule has 0 aliphatic carbocycles. The molecule has 0 aliphatic heterocycles. The first-order valence-electron chi connectivity index (χ1n) is 10.5. The molecular formula is C24H22ClN5O4. The number of rotatable bonds is 8. The van der Waals surface area contributed by atoms with Gasteiger partial charge in [0.05, 0.1) is 38.4 Å². The third kappa shape index (κ3) is 5.15. The van der Waals surface area contributed by atoms with Gasteiger partial charge in [0.15, 0.2) is 5.65 Å². The summed E-state index contributed by atoms with van der Waals surface area (Å²) in [6.45, 7) is 0.986. The fourth-order valence-electron chi connectivity index (χ4n) is 3.58. The predicted octanol–water partition coefficient (Wildman–Crippen LogP) is 2.44. The van der Waals surface area contributed by atoms with E-state index in [1.807, 2.05) is 12.1 Å². The van der Waals surface area contributed by atoms with Crippen LogP contribution < -0.4 is 10.9 Å². The van der Waals surface area contributed by atoms with Gasteiger partial charge in [0.25, 0.3) is 5.56 Å². The van der Waals surface area contributed by atoms with Gasteiger partial charge in [0, 0.05) is 11.6 Å². The average Bonchev–Trinajstić information content (AvgIpc) is 3.26. The minimum absolute atomic E-state index is 0.0405. The van der Waals surface area contributed by atoms with Crippen molar-refractivity contribution in [1.82, 2.24) is 24.6 Å². The number of nitrogens with zero attached hydrogens (tertiary/aromatic N) is 4. The van der Waals surface area contributed by atoms with Crippen molar-refractivity contribution in [2.24, 2.45) is 0 Å². The van der Waals surface area contributed by atoms with Gasteiger partial charge in [-0.25, -0.2) is 14.5 Å². The van der Waals surface area contributed by atoms with Crippen molar-refractivity contribution in [2.45, 2.75) is 19.5 Å². The van der Waals surface area contributed by atoms with Crippen molar-refractivity contribution in [3.63, 3.8) is 0 Å². The molecule has 0 unspecified atom stereocenters. The van der Waals surface area contributed by atoms with E-state index < -0.39 is 5.97 Å². The number of ether oxygens (including phenoxy) is 1. The average molecular weight is 480 g/mol. The first-order chi connectivity index (χ1) is 16.5. The number of carbonyl (C=O) groups excluding carboxylic acids is 2. The van der Waals surface area contributed by atoms with Gasteiger partial charge in [-0.3, -0.25) is 14.2 Å². The van der Waals surface area contributed by atoms with Gasteiger partial charge in [-0.05, 0) is 29.3 Å². The number of hydrogen-bond acceptors (Lipinski definition) is 6. The quantitative estimate of drug-likeness (QED) is 0.389. The van der Waals surface area contributed by atoms with Crippen LogP contribution in [0, 0.1) is 0 Å². The second kappa shape index (κ2) is 10.3. The number of amides is 1. The van der Waals surface area contributed by atoms with Crippen LogP contribution in [0.3, 0.4) is 0 Å². The van der Waals surface area contributed by atoms with Gasteiger partial charge in [0.2, 0.25) is 5.91 Å². The highest BCUT2D eigenvalue weighted by Crippen LogP contribution is 2.12. The zero-order valence-electron chi connectivity index (χ0n) is 18.4. The number of aromatic nitrogens is 4. The lowest BCUT2D eigenvalue weighted by atomic mass is 10.0. The summed E-state index contributed by atoms with van der Waals surface area (Å²) in [6.07, 6.45) is 3.01. The second-order valence-corrected chi connectivity index (χ2v) is 8.02. The summed E-state index contributed by atoms with van der Waals surface area (Å²) >= 11 is 5.92. The molecule has 0 fully saturated rings. The van der Waals surface area contributed by atoms with Crippen LogP contribution in [-0.4, -0.2) is 44.9 Å². The number of fused-ring (bicyclic) bond motifs is 1. The highest BCUT2D eigenvalue weighted by molar-refractivity contribution is 6.30. The Morgan fingerprint density at radius 2 is 1.88 bits per heavy atom. The van der Waals surface area contributed by atoms with E-state index in [9.17, 15) is 14.4 Å². The maximum Gasteiger partial charge on any atom is 0.338 e. The maximum atomic E-state index is 12.8. The van der Waals surface area contributed by atoms with Crippen LogP contribution in [-0.2, 0) is 29.0 Å². The largest absolute Gasteiger partial charge is 0.465 e. The van der Waals surface area contributed by atoms with E-state index in [2.05, 4.69) is 15.4 Å². The Balaban J connectivity index is 1.39. The van der Waals surface area contributed by atoms with Crippen LogP contribution >= 0.6 is 11.6 Å². The van der Waals surface area contributed by atoms with Crippen molar-refractivity contribution in [3.05, 3.63) is 93.1 Å². The van der Waals surface area contributed by atoms with E-state index in [0.29, 0.717) is 40.3 Å². The Morgan fingerprint density at radius 3 is 2.65 bits per heavy atom. The molecule has 0 saturated carbocycles. The zero-order chi connectivity index (χ0) is 24.1. The number of hydrogen-bond donors (Lipinski definition) is 1. The van der Waals surface area contributed by atoms with Crippen LogP contribution in [0.15, 0.2) is 65.8 Å². The topological polar surface area (TPSA) is 108 Å². The summed E-state index contributed by atoms with van der Waals surface area (Å²) in [4.78, 5) is 41.5. The summed E-state index contributed by atoms with van der Waals surface area (Å²) in [6, 6.07) is 14.1. The third-order valence-corrected chi connectivity index (χ3v) is 5.56. The standard InChI is InChI=1S/C24H22ClN5O4/c1-34-24(33)19-5-3-2-4-17(19)12-21(31)26-10-11-30-22-20(13-28-30)23(32)29(15-27-22)14-16-6-8-18(25)9-7-16/h2-9,13,15H,10-12,14H2,1H3,(H,26,31). The molecule has 2 aromatic carbocycles. The van der Waals surface area contributed by atoms with E-state index >= 15 is 0 Å². The lowest BCUT2D eigenvalue weighted by Gasteiger charge is -2.09. The van der Waals surface area contributed by atoms with E-state index in [-0.39, 0.29) is 24.4 Å². The van der Waals surface area contributed by atoms with Gasteiger partial charge in [-0.2, -0.15) is 5.10 Å². The van der Waals surface area contributed by atoms with Crippen molar-refractivity contribution in [2.75, 3.05) is 13.7 Å². The minimum atomic E-state index is -0.487. The summed E-state index contributed by atoms with van der Waals surface area (Å²) in [5, 5.41) is 8.09. The Morgan fingerprint density at radius 1 is 1.12 bits per heavy atom. The van der Waals surface area contributed by atoms with Gasteiger partial charge in [-0.15, -0.1) is 0 Å². The molecule has 0 radical (unpaired) electrons. The fourth-order valence-corrected chi connectivity index (χ4v) is 3.71. The molecule has 0 bridgehead atoms. The molecule has 9 nitrogen and oxygen atoms in total. The first-order valence-corrected chi connectivity index (χ1v) is 10.9. The van der Waals surface area contributed by atoms with Crippen LogP contribution in [0.25, 0.3) is 11.0 Å². The van der Waals surface area contributed by atoms with Gasteiger partial charge in [-0.1, -0.05) is 41.9 Å². The van der Waals surface area contributed by atoms with Crippen molar-refractivity contribution < 1.29 is 14.3 Å². The molecule has 10 heteroatoms. The second-order valence-electron chi connectivity index (χ2n) is 7.58. The smallest absolute Gasteiger partial charge is 0.338 e. The van der Waals surface area contributed by atoms with Gasteiger partial charge in [0.1, 0.15) is 11.7 Å². The minimum Gasteiger partial charge on any atom is -0.465 e. The zero-order valence-corrected chi connectivity index (χ0v) is 19.2. The number of benzene rings is 2. The molecule has 0 spiro atoms. The molecule has 0 saturated heterocycles. The molecule has 4 rings (SSSR count). The first kappa shape index (κ1) is 23.2. The maximum absolute atomic E-state index is 12.8. The van der Waals surface area contributed by atoms with Gasteiger partial charge < -0.3 is 10.1 Å². The summed E-state index contributed by atoms with van der Waals surface area (Å²) in [5.41, 5.74) is 2.12. The summed E-state index contributed by atoms with van der Waals surface area (Å²) in [5.74, 6) is -0.731. The van der Waals surface area contributed by atoms with E-state index in [0.717, 1.165) is 5.56 Å². The number of methoxy groups -OCH3 is 1. The number of carbonyl (C=O) groups is 2. The molecule has 2 heterocycles. The highest BCUT2D eigenvalue weighted by atomic mass is 35.5. The molecule has 34 heavy (non-hydrogen) atoms. The Labute approximate surface area is 199 Å². The molecule has 2 aromatic heterocycles. The van der Waals surface area contributed by atoms with E-state index in [1.165, 1.54) is 24.2 Å². The van der Waals surface area contributed by atoms with E-state index in [4.69, 9.17) is 16.3 Å². The Kier molecular flexibility index (Phi) is 7.03. The molecule has 0 atom stereocenters. The van der Waals surface area contributed by atoms with Crippen molar-refractivity contribution >= 4 is 34.5 Å². The van der Waals surface area contributed by atoms with Crippen molar-refractivity contribution in [3.8, 4) is 0 Å². The molecule has 0 aliphatic rings. The lowest BCUT2D eigenvalue weighted by Crippen LogP contribution is -2.29. The molecular weight excluding hydrogens is 458 g/mol. The van der Waals surface area contributed by atoms with E-state index in [1.54, 1.807) is 41.1 Å². The Bertz CT molecular complexity index is 1390. The fraction of sp³-hybridized carbons (Fsp3) is 0.208. The molecule has 4 aromatic rings. The van der Waals surface area contributed by atoms with Crippen LogP contribution in [0.4, 0.5) is 0 Å². The van der Waals surface area contributed by atoms with Crippen LogP contribution in [0.2, 0.25) is 5.02 Å². The van der Waals surface area contributed by atoms with Crippen LogP contribution in [0.5, 0.6) is 0 Å². The summed E-state index contributed by atoms with van der Waals surface area (Å²) in [7, 11) is 1.30. The third-order valence-electron chi connectivity index (χ3n) is 5.31. The SMILES string of the molecule is COC(=O)c1ccccc1CC(=O)NCCn1ncc2c(=O)n(Cc3ccc(Cl)cc3)cnc21. The Hall–Kier alpha value is -3.98. The van der Waals surface area contributed by atoms with Gasteiger partial charge >= 0.3 is 5.97 Å². The molecule has 174 valence electrons. The highest BCUT2D eigenvalue weighted by Gasteiger charge is 2.14. The predicted molar refractivity (Wildman–Crippen MR) is 127 cm³/mol.